The predicted octanol–water partition coefficient (Wildman–Crippen LogP) is 3.41. The van der Waals surface area contributed by atoms with E-state index in [1.54, 1.807) is 4.90 Å². The SMILES string of the molecule is Cc1ccc(-c2nc(C)c(C(=O)NCCCN3CCC[C@@H]3C(=O)N(C)C)s2)c(C)c1. The van der Waals surface area contributed by atoms with E-state index in [1.165, 1.54) is 22.5 Å². The van der Waals surface area contributed by atoms with Crippen LogP contribution in [0.3, 0.4) is 0 Å². The van der Waals surface area contributed by atoms with Crippen LogP contribution in [0.2, 0.25) is 0 Å². The largest absolute Gasteiger partial charge is 0.351 e. The fourth-order valence-electron chi connectivity index (χ4n) is 4.01. The van der Waals surface area contributed by atoms with E-state index >= 15 is 0 Å². The van der Waals surface area contributed by atoms with E-state index in [1.807, 2.05) is 21.0 Å². The number of carbonyl (C=O) groups is 2. The molecular formula is C23H32N4O2S. The van der Waals surface area contributed by atoms with Crippen molar-refractivity contribution in [2.45, 2.75) is 46.1 Å². The van der Waals surface area contributed by atoms with E-state index in [4.69, 9.17) is 0 Å². The Morgan fingerprint density at radius 2 is 2.03 bits per heavy atom. The molecule has 0 spiro atoms. The summed E-state index contributed by atoms with van der Waals surface area (Å²) in [5, 5.41) is 3.91. The second-order valence-electron chi connectivity index (χ2n) is 8.29. The Balaban J connectivity index is 1.54. The van der Waals surface area contributed by atoms with Gasteiger partial charge >= 0.3 is 0 Å². The standard InChI is InChI=1S/C23H32N4O2S/c1-15-9-10-18(16(2)14-15)22-25-17(3)20(30-22)21(28)24-11-7-13-27-12-6-8-19(27)23(29)26(4)5/h9-10,14,19H,6-8,11-13H2,1-5H3,(H,24,28)/t19-/m1/s1. The van der Waals surface area contributed by atoms with Crippen molar-refractivity contribution in [2.24, 2.45) is 0 Å². The fourth-order valence-corrected chi connectivity index (χ4v) is 5.08. The molecule has 1 aliphatic rings. The van der Waals surface area contributed by atoms with Gasteiger partial charge in [-0.05, 0) is 52.1 Å². The summed E-state index contributed by atoms with van der Waals surface area (Å²) in [7, 11) is 3.62. The average molecular weight is 429 g/mol. The van der Waals surface area contributed by atoms with E-state index in [2.05, 4.69) is 47.2 Å². The number of nitrogens with one attached hydrogen (secondary N) is 1. The minimum Gasteiger partial charge on any atom is -0.351 e. The van der Waals surface area contributed by atoms with Gasteiger partial charge in [0.05, 0.1) is 11.7 Å². The molecule has 1 aromatic carbocycles. The molecule has 1 N–H and O–H groups in total. The second-order valence-corrected chi connectivity index (χ2v) is 9.29. The molecule has 7 heteroatoms. The van der Waals surface area contributed by atoms with E-state index in [0.717, 1.165) is 48.6 Å². The molecule has 0 saturated carbocycles. The van der Waals surface area contributed by atoms with Crippen LogP contribution in [0.5, 0.6) is 0 Å². The molecule has 2 aromatic rings. The lowest BCUT2D eigenvalue weighted by Gasteiger charge is -2.26. The summed E-state index contributed by atoms with van der Waals surface area (Å²) in [5.74, 6) is 0.110. The quantitative estimate of drug-likeness (QED) is 0.687. The van der Waals surface area contributed by atoms with Gasteiger partial charge in [0.1, 0.15) is 9.88 Å². The van der Waals surface area contributed by atoms with Gasteiger partial charge in [-0.15, -0.1) is 11.3 Å². The number of aromatic nitrogens is 1. The van der Waals surface area contributed by atoms with Crippen LogP contribution in [0.4, 0.5) is 0 Å². The van der Waals surface area contributed by atoms with Crippen LogP contribution < -0.4 is 5.32 Å². The predicted molar refractivity (Wildman–Crippen MR) is 122 cm³/mol. The Morgan fingerprint density at radius 3 is 2.73 bits per heavy atom. The minimum absolute atomic E-state index is 0.0141. The van der Waals surface area contributed by atoms with E-state index in [0.29, 0.717) is 11.4 Å². The molecule has 30 heavy (non-hydrogen) atoms. The van der Waals surface area contributed by atoms with Gasteiger partial charge in [0.15, 0.2) is 0 Å². The molecule has 0 radical (unpaired) electrons. The summed E-state index contributed by atoms with van der Waals surface area (Å²) in [6.45, 7) is 8.40. The number of hydrogen-bond acceptors (Lipinski definition) is 5. The Kier molecular flexibility index (Phi) is 7.26. The number of benzene rings is 1. The first-order valence-corrected chi connectivity index (χ1v) is 11.4. The van der Waals surface area contributed by atoms with E-state index in [-0.39, 0.29) is 17.9 Å². The number of hydrogen-bond donors (Lipinski definition) is 1. The van der Waals surface area contributed by atoms with Crippen LogP contribution in [0.15, 0.2) is 18.2 Å². The highest BCUT2D eigenvalue weighted by atomic mass is 32.1. The van der Waals surface area contributed by atoms with Crippen LogP contribution in [0, 0.1) is 20.8 Å². The zero-order valence-corrected chi connectivity index (χ0v) is 19.4. The van der Waals surface area contributed by atoms with Gasteiger partial charge in [0.25, 0.3) is 5.91 Å². The van der Waals surface area contributed by atoms with Gasteiger partial charge in [-0.25, -0.2) is 4.98 Å². The molecule has 1 fully saturated rings. The average Bonchev–Trinajstić information content (AvgIpc) is 3.31. The highest BCUT2D eigenvalue weighted by Gasteiger charge is 2.31. The summed E-state index contributed by atoms with van der Waals surface area (Å²) in [5.41, 5.74) is 4.24. The molecule has 6 nitrogen and oxygen atoms in total. The molecule has 1 atom stereocenters. The maximum absolute atomic E-state index is 12.7. The zero-order valence-electron chi connectivity index (χ0n) is 18.6. The van der Waals surface area contributed by atoms with Gasteiger partial charge in [-0.3, -0.25) is 14.5 Å². The summed E-state index contributed by atoms with van der Waals surface area (Å²) in [4.78, 5) is 34.2. The van der Waals surface area contributed by atoms with Crippen molar-refractivity contribution in [1.82, 2.24) is 20.1 Å². The summed E-state index contributed by atoms with van der Waals surface area (Å²) < 4.78 is 0. The number of thiazole rings is 1. The van der Waals surface area contributed by atoms with Crippen molar-refractivity contribution < 1.29 is 9.59 Å². The van der Waals surface area contributed by atoms with Gasteiger partial charge < -0.3 is 10.2 Å². The van der Waals surface area contributed by atoms with Crippen molar-refractivity contribution in [1.29, 1.82) is 0 Å². The molecule has 1 aromatic heterocycles. The third-order valence-corrected chi connectivity index (χ3v) is 6.80. The molecule has 2 amide bonds. The van der Waals surface area contributed by atoms with Crippen LogP contribution in [0.25, 0.3) is 10.6 Å². The number of aryl methyl sites for hydroxylation is 3. The lowest BCUT2D eigenvalue weighted by atomic mass is 10.1. The molecule has 1 aliphatic heterocycles. The third kappa shape index (κ3) is 5.08. The second kappa shape index (κ2) is 9.71. The number of amides is 2. The summed E-state index contributed by atoms with van der Waals surface area (Å²) >= 11 is 1.45. The lowest BCUT2D eigenvalue weighted by Crippen LogP contribution is -2.43. The normalized spacial score (nSPS) is 16.6. The zero-order chi connectivity index (χ0) is 21.8. The Bertz CT molecular complexity index is 922. The Labute approximate surface area is 183 Å². The van der Waals surface area contributed by atoms with Crippen molar-refractivity contribution >= 4 is 23.2 Å². The van der Waals surface area contributed by atoms with Crippen molar-refractivity contribution in [2.75, 3.05) is 33.7 Å². The smallest absolute Gasteiger partial charge is 0.263 e. The number of nitrogens with zero attached hydrogens (tertiary/aromatic N) is 3. The van der Waals surface area contributed by atoms with Crippen molar-refractivity contribution in [3.8, 4) is 10.6 Å². The van der Waals surface area contributed by atoms with Crippen molar-refractivity contribution in [3.63, 3.8) is 0 Å². The molecule has 3 rings (SSSR count). The molecular weight excluding hydrogens is 396 g/mol. The molecule has 162 valence electrons. The Hall–Kier alpha value is -2.25. The Morgan fingerprint density at radius 1 is 1.27 bits per heavy atom. The molecule has 1 saturated heterocycles. The van der Waals surface area contributed by atoms with Gasteiger partial charge in [-0.1, -0.05) is 23.8 Å². The maximum atomic E-state index is 12.7. The first kappa shape index (κ1) is 22.4. The molecule has 2 heterocycles. The monoisotopic (exact) mass is 428 g/mol. The molecule has 0 bridgehead atoms. The minimum atomic E-state index is -0.0663. The van der Waals surface area contributed by atoms with Crippen LogP contribution >= 0.6 is 11.3 Å². The first-order valence-electron chi connectivity index (χ1n) is 10.6. The van der Waals surface area contributed by atoms with Gasteiger partial charge in [0, 0.05) is 32.7 Å². The van der Waals surface area contributed by atoms with Crippen LogP contribution in [-0.4, -0.2) is 66.4 Å². The highest BCUT2D eigenvalue weighted by molar-refractivity contribution is 7.17. The maximum Gasteiger partial charge on any atom is 0.263 e. The van der Waals surface area contributed by atoms with Crippen LogP contribution in [0.1, 0.15) is 45.8 Å². The number of likely N-dealkylation sites (N-methyl/N-ethyl adjacent to an activating group) is 1. The fraction of sp³-hybridized carbons (Fsp3) is 0.522. The highest BCUT2D eigenvalue weighted by Crippen LogP contribution is 2.30. The lowest BCUT2D eigenvalue weighted by molar-refractivity contribution is -0.133. The van der Waals surface area contributed by atoms with E-state index < -0.39 is 0 Å². The van der Waals surface area contributed by atoms with E-state index in [9.17, 15) is 9.59 Å². The topological polar surface area (TPSA) is 65.5 Å². The third-order valence-electron chi connectivity index (χ3n) is 5.61. The molecule has 0 aliphatic carbocycles. The number of likely N-dealkylation sites (tertiary alicyclic amines) is 1. The summed E-state index contributed by atoms with van der Waals surface area (Å²) in [6.07, 6.45) is 2.80. The van der Waals surface area contributed by atoms with Gasteiger partial charge in [-0.2, -0.15) is 0 Å². The van der Waals surface area contributed by atoms with Gasteiger partial charge in [0.2, 0.25) is 5.91 Å². The number of carbonyl (C=O) groups excluding carboxylic acids is 2. The first-order chi connectivity index (χ1) is 14.3. The van der Waals surface area contributed by atoms with Crippen molar-refractivity contribution in [3.05, 3.63) is 39.9 Å². The molecule has 0 unspecified atom stereocenters. The van der Waals surface area contributed by atoms with Crippen LogP contribution in [-0.2, 0) is 4.79 Å². The summed E-state index contributed by atoms with van der Waals surface area (Å²) in [6, 6.07) is 6.27. The number of rotatable bonds is 7.